The zero-order valence-electron chi connectivity index (χ0n) is 8.79. The van der Waals surface area contributed by atoms with Gasteiger partial charge in [0.1, 0.15) is 5.75 Å². The van der Waals surface area contributed by atoms with Gasteiger partial charge in [0.15, 0.2) is 0 Å². The highest BCUT2D eigenvalue weighted by Crippen LogP contribution is 2.46. The van der Waals surface area contributed by atoms with Crippen molar-refractivity contribution in [3.05, 3.63) is 28.8 Å². The van der Waals surface area contributed by atoms with Crippen molar-refractivity contribution in [2.24, 2.45) is 5.41 Å². The van der Waals surface area contributed by atoms with Crippen LogP contribution < -0.4 is 4.74 Å². The fourth-order valence-corrected chi connectivity index (χ4v) is 2.16. The Labute approximate surface area is 101 Å². The molecule has 1 aliphatic carbocycles. The first-order valence-corrected chi connectivity index (χ1v) is 6.16. The molecule has 0 amide bonds. The molecule has 0 heterocycles. The number of benzene rings is 1. The number of halogens is 1. The monoisotopic (exact) mass is 242 g/mol. The molecule has 0 spiro atoms. The van der Waals surface area contributed by atoms with Gasteiger partial charge < -0.3 is 4.74 Å². The molecule has 2 rings (SSSR count). The maximum atomic E-state index is 5.88. The van der Waals surface area contributed by atoms with E-state index in [4.69, 9.17) is 16.3 Å². The van der Waals surface area contributed by atoms with Crippen molar-refractivity contribution in [3.63, 3.8) is 0 Å². The van der Waals surface area contributed by atoms with Gasteiger partial charge in [0, 0.05) is 10.4 Å². The minimum absolute atomic E-state index is 0.342. The van der Waals surface area contributed by atoms with Crippen molar-refractivity contribution >= 4 is 24.2 Å². The van der Waals surface area contributed by atoms with E-state index in [0.717, 1.165) is 28.7 Å². The van der Waals surface area contributed by atoms with Gasteiger partial charge in [-0.3, -0.25) is 0 Å². The van der Waals surface area contributed by atoms with E-state index < -0.39 is 0 Å². The highest BCUT2D eigenvalue weighted by atomic mass is 35.5. The van der Waals surface area contributed by atoms with E-state index >= 15 is 0 Å². The van der Waals surface area contributed by atoms with E-state index in [-0.39, 0.29) is 0 Å². The van der Waals surface area contributed by atoms with Crippen LogP contribution in [0.1, 0.15) is 18.4 Å². The standard InChI is InChI=1S/C12H15ClOS/c1-9-6-10(13)2-3-11(9)14-7-12(8-15)4-5-12/h2-3,6,15H,4-5,7-8H2,1H3. The molecular weight excluding hydrogens is 228 g/mol. The van der Waals surface area contributed by atoms with E-state index in [2.05, 4.69) is 12.6 Å². The number of aryl methyl sites for hydroxylation is 1. The Hall–Kier alpha value is -0.340. The molecule has 0 atom stereocenters. The van der Waals surface area contributed by atoms with Crippen molar-refractivity contribution in [1.82, 2.24) is 0 Å². The number of rotatable bonds is 4. The SMILES string of the molecule is Cc1cc(Cl)ccc1OCC1(CS)CC1. The predicted molar refractivity (Wildman–Crippen MR) is 67.2 cm³/mol. The third-order valence-corrected chi connectivity index (χ3v) is 3.87. The van der Waals surface area contributed by atoms with Gasteiger partial charge in [-0.05, 0) is 49.3 Å². The Kier molecular flexibility index (Phi) is 3.17. The van der Waals surface area contributed by atoms with Crippen molar-refractivity contribution in [2.75, 3.05) is 12.4 Å². The van der Waals surface area contributed by atoms with Gasteiger partial charge in [-0.25, -0.2) is 0 Å². The summed E-state index contributed by atoms with van der Waals surface area (Å²) < 4.78 is 5.80. The summed E-state index contributed by atoms with van der Waals surface area (Å²) in [6.07, 6.45) is 2.48. The van der Waals surface area contributed by atoms with Gasteiger partial charge >= 0.3 is 0 Å². The van der Waals surface area contributed by atoms with Crippen LogP contribution in [0.3, 0.4) is 0 Å². The van der Waals surface area contributed by atoms with Gasteiger partial charge in [0.05, 0.1) is 6.61 Å². The van der Waals surface area contributed by atoms with Gasteiger partial charge in [0.2, 0.25) is 0 Å². The molecule has 1 nitrogen and oxygen atoms in total. The van der Waals surface area contributed by atoms with Gasteiger partial charge in [-0.1, -0.05) is 11.6 Å². The van der Waals surface area contributed by atoms with Crippen LogP contribution in [0.5, 0.6) is 5.75 Å². The maximum absolute atomic E-state index is 5.88. The fraction of sp³-hybridized carbons (Fsp3) is 0.500. The van der Waals surface area contributed by atoms with Crippen LogP contribution in [-0.4, -0.2) is 12.4 Å². The Morgan fingerprint density at radius 1 is 1.47 bits per heavy atom. The summed E-state index contributed by atoms with van der Waals surface area (Å²) in [7, 11) is 0. The minimum atomic E-state index is 0.342. The van der Waals surface area contributed by atoms with Crippen molar-refractivity contribution in [3.8, 4) is 5.75 Å². The lowest BCUT2D eigenvalue weighted by Crippen LogP contribution is -2.14. The van der Waals surface area contributed by atoms with Crippen LogP contribution in [0.4, 0.5) is 0 Å². The molecule has 0 bridgehead atoms. The van der Waals surface area contributed by atoms with Crippen molar-refractivity contribution < 1.29 is 4.74 Å². The second-order valence-corrected chi connectivity index (χ2v) is 5.11. The van der Waals surface area contributed by atoms with E-state index in [1.165, 1.54) is 12.8 Å². The second kappa shape index (κ2) is 4.26. The van der Waals surface area contributed by atoms with Crippen LogP contribution in [0.25, 0.3) is 0 Å². The van der Waals surface area contributed by atoms with Crippen molar-refractivity contribution in [1.29, 1.82) is 0 Å². The normalized spacial score (nSPS) is 17.5. The van der Waals surface area contributed by atoms with Gasteiger partial charge in [0.25, 0.3) is 0 Å². The highest BCUT2D eigenvalue weighted by Gasteiger charge is 2.42. The Morgan fingerprint density at radius 2 is 2.20 bits per heavy atom. The molecule has 0 aliphatic heterocycles. The minimum Gasteiger partial charge on any atom is -0.493 e. The lowest BCUT2D eigenvalue weighted by Gasteiger charge is -2.15. The third kappa shape index (κ3) is 2.61. The van der Waals surface area contributed by atoms with Crippen LogP contribution in [0.15, 0.2) is 18.2 Å². The molecule has 0 unspecified atom stereocenters. The first kappa shape index (κ1) is 11.2. The topological polar surface area (TPSA) is 9.23 Å². The van der Waals surface area contributed by atoms with E-state index in [9.17, 15) is 0 Å². The summed E-state index contributed by atoms with van der Waals surface area (Å²) in [5.74, 6) is 1.85. The largest absolute Gasteiger partial charge is 0.493 e. The zero-order valence-corrected chi connectivity index (χ0v) is 10.4. The third-order valence-electron chi connectivity index (χ3n) is 2.96. The number of hydrogen-bond donors (Lipinski definition) is 1. The van der Waals surface area contributed by atoms with Gasteiger partial charge in [-0.2, -0.15) is 12.6 Å². The first-order valence-electron chi connectivity index (χ1n) is 5.15. The predicted octanol–water partition coefficient (Wildman–Crippen LogP) is 3.74. The molecule has 3 heteroatoms. The molecule has 1 saturated carbocycles. The van der Waals surface area contributed by atoms with E-state index in [0.29, 0.717) is 5.41 Å². The summed E-state index contributed by atoms with van der Waals surface area (Å²) in [5, 5.41) is 0.759. The number of ether oxygens (including phenoxy) is 1. The molecule has 1 aromatic rings. The Bertz CT molecular complexity index is 361. The lowest BCUT2D eigenvalue weighted by atomic mass is 10.1. The van der Waals surface area contributed by atoms with Crippen molar-refractivity contribution in [2.45, 2.75) is 19.8 Å². The molecule has 1 aliphatic rings. The number of hydrogen-bond acceptors (Lipinski definition) is 2. The second-order valence-electron chi connectivity index (χ2n) is 4.36. The summed E-state index contributed by atoms with van der Waals surface area (Å²) >= 11 is 10.2. The molecular formula is C12H15ClOS. The molecule has 0 saturated heterocycles. The quantitative estimate of drug-likeness (QED) is 0.792. The van der Waals surface area contributed by atoms with E-state index in [1.54, 1.807) is 0 Å². The zero-order chi connectivity index (χ0) is 10.9. The van der Waals surface area contributed by atoms with Gasteiger partial charge in [-0.15, -0.1) is 0 Å². The first-order chi connectivity index (χ1) is 7.15. The van der Waals surface area contributed by atoms with E-state index in [1.807, 2.05) is 25.1 Å². The molecule has 0 N–H and O–H groups in total. The molecule has 1 aromatic carbocycles. The molecule has 15 heavy (non-hydrogen) atoms. The number of thiol groups is 1. The van der Waals surface area contributed by atoms with Crippen LogP contribution in [0.2, 0.25) is 5.02 Å². The summed E-state index contributed by atoms with van der Waals surface area (Å²) in [4.78, 5) is 0. The smallest absolute Gasteiger partial charge is 0.122 e. The average molecular weight is 243 g/mol. The van der Waals surface area contributed by atoms with Crippen LogP contribution in [-0.2, 0) is 0 Å². The Balaban J connectivity index is 1.99. The summed E-state index contributed by atoms with van der Waals surface area (Å²) in [6, 6.07) is 5.73. The van der Waals surface area contributed by atoms with Crippen LogP contribution in [0, 0.1) is 12.3 Å². The molecule has 0 radical (unpaired) electrons. The molecule has 82 valence electrons. The Morgan fingerprint density at radius 3 is 2.73 bits per heavy atom. The lowest BCUT2D eigenvalue weighted by molar-refractivity contribution is 0.249. The highest BCUT2D eigenvalue weighted by molar-refractivity contribution is 7.80. The maximum Gasteiger partial charge on any atom is 0.122 e. The fourth-order valence-electron chi connectivity index (χ4n) is 1.53. The average Bonchev–Trinajstić information content (AvgIpc) is 2.97. The molecule has 0 aromatic heterocycles. The molecule has 1 fully saturated rings. The summed E-state index contributed by atoms with van der Waals surface area (Å²) in [5.41, 5.74) is 1.44. The van der Waals surface area contributed by atoms with Crippen LogP contribution >= 0.6 is 24.2 Å². The summed E-state index contributed by atoms with van der Waals surface area (Å²) in [6.45, 7) is 2.79.